The summed E-state index contributed by atoms with van der Waals surface area (Å²) in [5.74, 6) is 13.0. The molecule has 0 bridgehead atoms. The average molecular weight is 816 g/mol. The van der Waals surface area contributed by atoms with E-state index in [-0.39, 0.29) is 0 Å². The highest BCUT2D eigenvalue weighted by Gasteiger charge is 2.59. The Bertz CT molecular complexity index is 1260. The van der Waals surface area contributed by atoms with Crippen molar-refractivity contribution in [2.75, 3.05) is 0 Å². The largest absolute Gasteiger partial charge is 0.294 e. The van der Waals surface area contributed by atoms with Crippen molar-refractivity contribution >= 4 is 23.5 Å². The predicted molar refractivity (Wildman–Crippen MR) is 247 cm³/mol. The monoisotopic (exact) mass is 816 g/mol. The van der Waals surface area contributed by atoms with Gasteiger partial charge in [0.15, 0.2) is 0 Å². The van der Waals surface area contributed by atoms with Gasteiger partial charge in [0, 0.05) is 39.1 Å². The van der Waals surface area contributed by atoms with Gasteiger partial charge in [-0.05, 0) is 212 Å². The van der Waals surface area contributed by atoms with E-state index in [1.165, 1.54) is 44.9 Å². The van der Waals surface area contributed by atoms with E-state index in [1.807, 2.05) is 0 Å². The smallest absolute Gasteiger partial charge is 0.0123 e. The van der Waals surface area contributed by atoms with E-state index in [0.717, 1.165) is 110 Å². The fraction of sp³-hybridized carbons (Fsp3) is 1.00. The van der Waals surface area contributed by atoms with E-state index in [0.29, 0.717) is 0 Å². The molecule has 11 fully saturated rings. The molecule has 9 saturated carbocycles. The summed E-state index contributed by atoms with van der Waals surface area (Å²) in [6, 6.07) is 2.76. The molecule has 0 amide bonds. The molecule has 11 rings (SSSR count). The first-order chi connectivity index (χ1) is 28.2. The number of fused-ring (bicyclic) bond motifs is 7. The van der Waals surface area contributed by atoms with E-state index >= 15 is 0 Å². The van der Waals surface area contributed by atoms with E-state index < -0.39 is 0 Å². The summed E-state index contributed by atoms with van der Waals surface area (Å²) in [6.45, 7) is 0. The lowest BCUT2D eigenvalue weighted by molar-refractivity contribution is -0.0128. The van der Waals surface area contributed by atoms with Crippen LogP contribution >= 0.6 is 23.5 Å². The average Bonchev–Trinajstić information content (AvgIpc) is 3.87. The van der Waals surface area contributed by atoms with Gasteiger partial charge >= 0.3 is 0 Å². The SMILES string of the molecule is C1CCC(C2CCC(C3CCC(N(C4CCC(C5CCCCC5)CC4)C4CCC(C5CCCC6C7CCC8SC9CCCCC9C8C7SC56)CC4)CC3)CC2)CC1. The predicted octanol–water partition coefficient (Wildman–Crippen LogP) is 15.5. The normalized spacial score (nSPS) is 50.2. The molecular weight excluding hydrogens is 727 g/mol. The minimum Gasteiger partial charge on any atom is -0.294 e. The Morgan fingerprint density at radius 3 is 1.23 bits per heavy atom. The number of hydrogen-bond acceptors (Lipinski definition) is 3. The van der Waals surface area contributed by atoms with Crippen LogP contribution in [0.3, 0.4) is 0 Å². The van der Waals surface area contributed by atoms with E-state index in [2.05, 4.69) is 28.4 Å². The fourth-order valence-electron chi connectivity index (χ4n) is 18.8. The third kappa shape index (κ3) is 8.32. The van der Waals surface area contributed by atoms with Crippen LogP contribution < -0.4 is 0 Å². The van der Waals surface area contributed by atoms with Crippen molar-refractivity contribution in [1.29, 1.82) is 0 Å². The van der Waals surface area contributed by atoms with Gasteiger partial charge in [-0.2, -0.15) is 23.5 Å². The highest BCUT2D eigenvalue weighted by Crippen LogP contribution is 2.66. The molecule has 0 aromatic carbocycles. The molecule has 0 radical (unpaired) electrons. The van der Waals surface area contributed by atoms with Crippen molar-refractivity contribution in [3.63, 3.8) is 0 Å². The Balaban J connectivity index is 0.732. The van der Waals surface area contributed by atoms with Crippen LogP contribution in [0.25, 0.3) is 0 Å². The second-order valence-corrected chi connectivity index (χ2v) is 26.8. The topological polar surface area (TPSA) is 3.24 Å². The fourth-order valence-corrected chi connectivity index (χ4v) is 23.6. The number of nitrogens with zero attached hydrogens (tertiary/aromatic N) is 1. The van der Waals surface area contributed by atoms with Crippen molar-refractivity contribution in [2.24, 2.45) is 71.0 Å². The van der Waals surface area contributed by atoms with Crippen molar-refractivity contribution in [3.05, 3.63) is 0 Å². The van der Waals surface area contributed by atoms with Crippen LogP contribution in [0.2, 0.25) is 0 Å². The summed E-state index contributed by atoms with van der Waals surface area (Å²) in [7, 11) is 0. The first kappa shape index (κ1) is 40.4. The summed E-state index contributed by atoms with van der Waals surface area (Å²) in [6.07, 6.45) is 54.9. The molecule has 2 saturated heterocycles. The standard InChI is InChI=1S/C54H89NS2/c1-3-10-36(11-4-1)38-18-20-39(21-19-38)41-24-30-44(31-25-41)55(43-28-22-40(23-29-43)37-12-5-2-6-13-37)45-32-26-42(27-33-45)46-15-9-16-47-48-34-35-51-52(54(48)57-53(46)47)49-14-7-8-17-50(49)56-51/h36-54H,1-35H2. The molecule has 3 heteroatoms. The first-order valence-corrected chi connectivity index (χ1v) is 29.2. The zero-order valence-corrected chi connectivity index (χ0v) is 38.6. The number of hydrogen-bond donors (Lipinski definition) is 0. The molecule has 1 nitrogen and oxygen atoms in total. The second-order valence-electron chi connectivity index (χ2n) is 23.9. The van der Waals surface area contributed by atoms with Gasteiger partial charge in [0.25, 0.3) is 0 Å². The van der Waals surface area contributed by atoms with Crippen molar-refractivity contribution < 1.29 is 0 Å². The zero-order valence-electron chi connectivity index (χ0n) is 37.0. The second kappa shape index (κ2) is 18.4. The molecule has 9 unspecified atom stereocenters. The molecule has 11 aliphatic rings. The van der Waals surface area contributed by atoms with Crippen LogP contribution in [0.4, 0.5) is 0 Å². The third-order valence-corrected chi connectivity index (χ3v) is 25.4. The number of rotatable bonds is 7. The highest BCUT2D eigenvalue weighted by molar-refractivity contribution is 8.02. The molecule has 9 atom stereocenters. The minimum absolute atomic E-state index is 0.919. The molecular formula is C54H89NS2. The van der Waals surface area contributed by atoms with Gasteiger partial charge in [-0.3, -0.25) is 4.90 Å². The summed E-state index contributed by atoms with van der Waals surface area (Å²) in [4.78, 5) is 3.38. The van der Waals surface area contributed by atoms with Crippen molar-refractivity contribution in [1.82, 2.24) is 4.90 Å². The lowest BCUT2D eigenvalue weighted by atomic mass is 9.62. The van der Waals surface area contributed by atoms with Crippen molar-refractivity contribution in [3.8, 4) is 0 Å². The van der Waals surface area contributed by atoms with Gasteiger partial charge in [0.2, 0.25) is 0 Å². The molecule has 2 aliphatic heterocycles. The summed E-state index contributed by atoms with van der Waals surface area (Å²) < 4.78 is 0. The third-order valence-electron chi connectivity index (χ3n) is 21.6. The molecule has 322 valence electrons. The molecule has 9 aliphatic carbocycles. The Morgan fingerprint density at radius 2 is 0.667 bits per heavy atom. The van der Waals surface area contributed by atoms with Gasteiger partial charge in [0.05, 0.1) is 0 Å². The van der Waals surface area contributed by atoms with Crippen LogP contribution in [0.5, 0.6) is 0 Å². The van der Waals surface area contributed by atoms with E-state index in [4.69, 9.17) is 0 Å². The van der Waals surface area contributed by atoms with E-state index in [1.54, 1.807) is 180 Å². The van der Waals surface area contributed by atoms with Gasteiger partial charge in [-0.25, -0.2) is 0 Å². The lowest BCUT2D eigenvalue weighted by Gasteiger charge is -2.51. The quantitative estimate of drug-likeness (QED) is 0.252. The maximum atomic E-state index is 3.38. The maximum Gasteiger partial charge on any atom is 0.0123 e. The van der Waals surface area contributed by atoms with Gasteiger partial charge in [-0.1, -0.05) is 83.5 Å². The molecule has 57 heavy (non-hydrogen) atoms. The van der Waals surface area contributed by atoms with E-state index in [9.17, 15) is 0 Å². The summed E-state index contributed by atoms with van der Waals surface area (Å²) >= 11 is 5.19. The Kier molecular flexibility index (Phi) is 13.1. The van der Waals surface area contributed by atoms with Gasteiger partial charge < -0.3 is 0 Å². The summed E-state index contributed by atoms with van der Waals surface area (Å²) in [5, 5.41) is 4.19. The van der Waals surface area contributed by atoms with Gasteiger partial charge in [0.1, 0.15) is 0 Å². The summed E-state index contributed by atoms with van der Waals surface area (Å²) in [5.41, 5.74) is 0. The lowest BCUT2D eigenvalue weighted by Crippen LogP contribution is -2.53. The Hall–Kier alpha value is 0.660. The molecule has 0 aromatic heterocycles. The Morgan fingerprint density at radius 1 is 0.246 bits per heavy atom. The van der Waals surface area contributed by atoms with Crippen LogP contribution in [0.1, 0.15) is 225 Å². The first-order valence-electron chi connectivity index (χ1n) is 27.3. The molecule has 0 spiro atoms. The Labute approximate surface area is 361 Å². The van der Waals surface area contributed by atoms with Crippen LogP contribution in [0, 0.1) is 71.0 Å². The highest BCUT2D eigenvalue weighted by atomic mass is 32.2. The van der Waals surface area contributed by atoms with Crippen LogP contribution in [-0.4, -0.2) is 44.0 Å². The molecule has 0 N–H and O–H groups in total. The van der Waals surface area contributed by atoms with Crippen molar-refractivity contribution in [2.45, 2.75) is 264 Å². The van der Waals surface area contributed by atoms with Crippen LogP contribution in [-0.2, 0) is 0 Å². The van der Waals surface area contributed by atoms with Crippen LogP contribution in [0.15, 0.2) is 0 Å². The van der Waals surface area contributed by atoms with Gasteiger partial charge in [-0.15, -0.1) is 0 Å². The maximum absolute atomic E-state index is 3.38. The minimum atomic E-state index is 0.919. The number of thioether (sulfide) groups is 2. The molecule has 0 aromatic rings. The molecule has 2 heterocycles. The zero-order chi connectivity index (χ0) is 37.7.